The minimum Gasteiger partial charge on any atom is -0.295 e. The molecule has 2 heterocycles. The predicted octanol–water partition coefficient (Wildman–Crippen LogP) is 0.857. The molecule has 1 saturated heterocycles. The maximum Gasteiger partial charge on any atom is 0.251 e. The van der Waals surface area contributed by atoms with Crippen molar-refractivity contribution in [2.24, 2.45) is 0 Å². The largest absolute Gasteiger partial charge is 0.295 e. The average molecular weight is 262 g/mol. The van der Waals surface area contributed by atoms with Crippen LogP contribution in [0.2, 0.25) is 0 Å². The van der Waals surface area contributed by atoms with E-state index in [1.54, 1.807) is 6.92 Å². The molecule has 19 heavy (non-hydrogen) atoms. The highest BCUT2D eigenvalue weighted by Crippen LogP contribution is 2.24. The van der Waals surface area contributed by atoms with Crippen LogP contribution in [0.5, 0.6) is 0 Å². The van der Waals surface area contributed by atoms with E-state index in [-0.39, 0.29) is 12.3 Å². The van der Waals surface area contributed by atoms with E-state index < -0.39 is 17.8 Å². The Morgan fingerprint density at radius 3 is 2.95 bits per heavy atom. The molecule has 2 aromatic rings. The summed E-state index contributed by atoms with van der Waals surface area (Å²) in [6.07, 6.45) is 0.588. The molecule has 1 fully saturated rings. The molecule has 1 unspecified atom stereocenters. The standard InChI is InChI=1S/C12H11FN4O2/c1-6-4-7(13)5-9-11(6)15-16-17(9)8-2-3-10(18)14-12(8)19/h4-5,8H,2-3H2,1H3,(H,14,18,19). The summed E-state index contributed by atoms with van der Waals surface area (Å²) in [6, 6.07) is 2.04. The van der Waals surface area contributed by atoms with Gasteiger partial charge in [-0.25, -0.2) is 9.07 Å². The number of nitrogens with one attached hydrogen (secondary N) is 1. The fourth-order valence-corrected chi connectivity index (χ4v) is 2.31. The second kappa shape index (κ2) is 4.11. The van der Waals surface area contributed by atoms with Crippen molar-refractivity contribution in [1.29, 1.82) is 0 Å². The van der Waals surface area contributed by atoms with Gasteiger partial charge in [0.25, 0.3) is 5.91 Å². The molecule has 2 amide bonds. The fraction of sp³-hybridized carbons (Fsp3) is 0.333. The highest BCUT2D eigenvalue weighted by Gasteiger charge is 2.30. The van der Waals surface area contributed by atoms with Gasteiger partial charge in [-0.2, -0.15) is 0 Å². The van der Waals surface area contributed by atoms with E-state index in [2.05, 4.69) is 15.6 Å². The highest BCUT2D eigenvalue weighted by molar-refractivity contribution is 6.00. The Morgan fingerprint density at radius 1 is 1.42 bits per heavy atom. The van der Waals surface area contributed by atoms with Crippen molar-refractivity contribution in [2.75, 3.05) is 0 Å². The van der Waals surface area contributed by atoms with Crippen LogP contribution in [0.4, 0.5) is 4.39 Å². The van der Waals surface area contributed by atoms with Gasteiger partial charge in [0.05, 0.1) is 5.52 Å². The van der Waals surface area contributed by atoms with Gasteiger partial charge in [-0.1, -0.05) is 5.21 Å². The highest BCUT2D eigenvalue weighted by atomic mass is 19.1. The Morgan fingerprint density at radius 2 is 2.21 bits per heavy atom. The summed E-state index contributed by atoms with van der Waals surface area (Å²) >= 11 is 0. The van der Waals surface area contributed by atoms with Crippen molar-refractivity contribution in [1.82, 2.24) is 20.3 Å². The average Bonchev–Trinajstić information content (AvgIpc) is 2.73. The summed E-state index contributed by atoms with van der Waals surface area (Å²) in [5, 5.41) is 10.1. The molecule has 1 aromatic carbocycles. The van der Waals surface area contributed by atoms with Crippen LogP contribution in [0.1, 0.15) is 24.4 Å². The zero-order valence-corrected chi connectivity index (χ0v) is 10.2. The second-order valence-electron chi connectivity index (χ2n) is 4.59. The molecule has 3 rings (SSSR count). The van der Waals surface area contributed by atoms with E-state index in [1.165, 1.54) is 16.8 Å². The van der Waals surface area contributed by atoms with Crippen LogP contribution in [0.15, 0.2) is 12.1 Å². The van der Waals surface area contributed by atoms with Crippen LogP contribution < -0.4 is 5.32 Å². The van der Waals surface area contributed by atoms with E-state index in [0.717, 1.165) is 0 Å². The molecule has 1 aliphatic heterocycles. The van der Waals surface area contributed by atoms with Crippen molar-refractivity contribution in [3.8, 4) is 0 Å². The molecule has 1 atom stereocenters. The van der Waals surface area contributed by atoms with E-state index in [9.17, 15) is 14.0 Å². The summed E-state index contributed by atoms with van der Waals surface area (Å²) in [5.74, 6) is -1.13. The number of rotatable bonds is 1. The van der Waals surface area contributed by atoms with Crippen molar-refractivity contribution in [3.05, 3.63) is 23.5 Å². The number of halogens is 1. The Balaban J connectivity index is 2.11. The summed E-state index contributed by atoms with van der Waals surface area (Å²) < 4.78 is 14.8. The molecule has 0 radical (unpaired) electrons. The Bertz CT molecular complexity index is 694. The minimum atomic E-state index is -0.621. The van der Waals surface area contributed by atoms with E-state index in [0.29, 0.717) is 23.0 Å². The van der Waals surface area contributed by atoms with Crippen molar-refractivity contribution in [3.63, 3.8) is 0 Å². The van der Waals surface area contributed by atoms with Gasteiger partial charge in [0.15, 0.2) is 0 Å². The number of fused-ring (bicyclic) bond motifs is 1. The topological polar surface area (TPSA) is 76.9 Å². The first-order valence-corrected chi connectivity index (χ1v) is 5.91. The molecular weight excluding hydrogens is 251 g/mol. The molecule has 0 aliphatic carbocycles. The number of carbonyl (C=O) groups is 2. The number of aromatic nitrogens is 3. The zero-order chi connectivity index (χ0) is 13.6. The number of aryl methyl sites for hydroxylation is 1. The van der Waals surface area contributed by atoms with Crippen molar-refractivity contribution < 1.29 is 14.0 Å². The normalized spacial score (nSPS) is 19.8. The number of hydrogen-bond donors (Lipinski definition) is 1. The molecule has 1 aromatic heterocycles. The summed E-state index contributed by atoms with van der Waals surface area (Å²) in [6.45, 7) is 1.73. The Kier molecular flexibility index (Phi) is 2.55. The number of imide groups is 1. The third kappa shape index (κ3) is 1.87. The first-order chi connectivity index (χ1) is 9.06. The zero-order valence-electron chi connectivity index (χ0n) is 10.2. The van der Waals surface area contributed by atoms with Crippen LogP contribution >= 0.6 is 0 Å². The number of amides is 2. The van der Waals surface area contributed by atoms with E-state index in [4.69, 9.17) is 0 Å². The fourth-order valence-electron chi connectivity index (χ4n) is 2.31. The van der Waals surface area contributed by atoms with Crippen LogP contribution in [0.3, 0.4) is 0 Å². The van der Waals surface area contributed by atoms with E-state index >= 15 is 0 Å². The van der Waals surface area contributed by atoms with Gasteiger partial charge in [-0.3, -0.25) is 14.9 Å². The van der Waals surface area contributed by atoms with Crippen molar-refractivity contribution in [2.45, 2.75) is 25.8 Å². The monoisotopic (exact) mass is 262 g/mol. The summed E-state index contributed by atoms with van der Waals surface area (Å²) in [4.78, 5) is 22.9. The molecule has 0 saturated carbocycles. The lowest BCUT2D eigenvalue weighted by molar-refractivity contribution is -0.135. The van der Waals surface area contributed by atoms with Gasteiger partial charge in [-0.15, -0.1) is 5.10 Å². The van der Waals surface area contributed by atoms with Gasteiger partial charge < -0.3 is 0 Å². The molecule has 0 spiro atoms. The maximum atomic E-state index is 13.5. The summed E-state index contributed by atoms with van der Waals surface area (Å²) in [7, 11) is 0. The summed E-state index contributed by atoms with van der Waals surface area (Å²) in [5.41, 5.74) is 1.69. The minimum absolute atomic E-state index is 0.242. The lowest BCUT2D eigenvalue weighted by Gasteiger charge is -2.21. The molecule has 7 heteroatoms. The van der Waals surface area contributed by atoms with Gasteiger partial charge in [0.1, 0.15) is 17.4 Å². The molecule has 1 aliphatic rings. The predicted molar refractivity (Wildman–Crippen MR) is 63.6 cm³/mol. The quantitative estimate of drug-likeness (QED) is 0.773. The molecule has 6 nitrogen and oxygen atoms in total. The molecule has 98 valence electrons. The van der Waals surface area contributed by atoms with Gasteiger partial charge in [0.2, 0.25) is 5.91 Å². The number of nitrogens with zero attached hydrogens (tertiary/aromatic N) is 3. The third-order valence-corrected chi connectivity index (χ3v) is 3.24. The second-order valence-corrected chi connectivity index (χ2v) is 4.59. The first kappa shape index (κ1) is 11.8. The smallest absolute Gasteiger partial charge is 0.251 e. The van der Waals surface area contributed by atoms with Crippen LogP contribution in [0.25, 0.3) is 11.0 Å². The van der Waals surface area contributed by atoms with Crippen LogP contribution in [-0.2, 0) is 9.59 Å². The SMILES string of the molecule is Cc1cc(F)cc2c1nnn2C1CCC(=O)NC1=O. The maximum absolute atomic E-state index is 13.5. The lowest BCUT2D eigenvalue weighted by atomic mass is 10.1. The van der Waals surface area contributed by atoms with E-state index in [1.807, 2.05) is 0 Å². The lowest BCUT2D eigenvalue weighted by Crippen LogP contribution is -2.42. The molecular formula is C12H11FN4O2. The number of hydrogen-bond acceptors (Lipinski definition) is 4. The number of piperidine rings is 1. The first-order valence-electron chi connectivity index (χ1n) is 5.91. The Hall–Kier alpha value is -2.31. The number of benzene rings is 1. The number of carbonyl (C=O) groups excluding carboxylic acids is 2. The van der Waals surface area contributed by atoms with Gasteiger partial charge in [0, 0.05) is 12.5 Å². The molecule has 0 bridgehead atoms. The van der Waals surface area contributed by atoms with Gasteiger partial charge >= 0.3 is 0 Å². The van der Waals surface area contributed by atoms with Crippen LogP contribution in [-0.4, -0.2) is 26.8 Å². The molecule has 1 N–H and O–H groups in total. The van der Waals surface area contributed by atoms with Crippen molar-refractivity contribution >= 4 is 22.8 Å². The Labute approximate surface area is 107 Å². The van der Waals surface area contributed by atoms with Gasteiger partial charge in [-0.05, 0) is 25.0 Å². The van der Waals surface area contributed by atoms with Crippen LogP contribution in [0, 0.1) is 12.7 Å². The third-order valence-electron chi connectivity index (χ3n) is 3.24.